The first kappa shape index (κ1) is 51.5. The molecule has 8 heteroatoms. The normalized spacial score (nSPS) is 13.8. The fourth-order valence-corrected chi connectivity index (χ4v) is 5.59. The number of carbonyl (C=O) groups excluding carboxylic acids is 3. The number of allylic oxidation sites excluding steroid dienone is 14. The van der Waals surface area contributed by atoms with Crippen LogP contribution < -0.4 is 5.11 Å². The van der Waals surface area contributed by atoms with Gasteiger partial charge in [-0.05, 0) is 70.6 Å². The summed E-state index contributed by atoms with van der Waals surface area (Å²) in [6.45, 7) is 4.35. The molecular formula is C47H77NO7. The molecule has 8 nitrogen and oxygen atoms in total. The summed E-state index contributed by atoms with van der Waals surface area (Å²) < 4.78 is 17.1. The van der Waals surface area contributed by atoms with Crippen molar-refractivity contribution < 1.29 is 38.2 Å². The third kappa shape index (κ3) is 35.9. The molecular weight excluding hydrogens is 691 g/mol. The van der Waals surface area contributed by atoms with E-state index >= 15 is 0 Å². The van der Waals surface area contributed by atoms with E-state index in [2.05, 4.69) is 98.9 Å². The van der Waals surface area contributed by atoms with Crippen LogP contribution in [0.25, 0.3) is 0 Å². The highest BCUT2D eigenvalue weighted by Gasteiger charge is 2.25. The van der Waals surface area contributed by atoms with E-state index in [0.717, 1.165) is 89.9 Å². The van der Waals surface area contributed by atoms with Crippen LogP contribution in [0.5, 0.6) is 0 Å². The number of hydrogen-bond acceptors (Lipinski definition) is 7. The van der Waals surface area contributed by atoms with E-state index in [1.54, 1.807) is 21.1 Å². The van der Waals surface area contributed by atoms with Gasteiger partial charge < -0.3 is 28.6 Å². The smallest absolute Gasteiger partial charge is 0.306 e. The Hall–Kier alpha value is -3.49. The lowest BCUT2D eigenvalue weighted by molar-refractivity contribution is -0.889. The van der Waals surface area contributed by atoms with Gasteiger partial charge in [0.15, 0.2) is 6.10 Å². The number of rotatable bonds is 36. The zero-order chi connectivity index (χ0) is 40.7. The summed E-state index contributed by atoms with van der Waals surface area (Å²) in [4.78, 5) is 36.8. The Morgan fingerprint density at radius 3 is 1.64 bits per heavy atom. The number of aliphatic carboxylic acids is 1. The molecule has 55 heavy (non-hydrogen) atoms. The molecule has 0 bridgehead atoms. The van der Waals surface area contributed by atoms with E-state index in [0.29, 0.717) is 12.8 Å². The molecule has 0 spiro atoms. The van der Waals surface area contributed by atoms with Gasteiger partial charge in [0.05, 0.1) is 40.3 Å². The van der Waals surface area contributed by atoms with E-state index < -0.39 is 18.1 Å². The number of nitrogens with zero attached hydrogens (tertiary/aromatic N) is 1. The van der Waals surface area contributed by atoms with Crippen molar-refractivity contribution in [3.63, 3.8) is 0 Å². The minimum atomic E-state index is -1.14. The minimum absolute atomic E-state index is 0.0200. The molecule has 0 aromatic carbocycles. The quantitative estimate of drug-likeness (QED) is 0.0206. The number of unbranched alkanes of at least 4 members (excludes halogenated alkanes) is 10. The van der Waals surface area contributed by atoms with Gasteiger partial charge in [0.1, 0.15) is 12.6 Å². The number of hydrogen-bond donors (Lipinski definition) is 0. The maximum atomic E-state index is 12.7. The van der Waals surface area contributed by atoms with E-state index in [9.17, 15) is 19.5 Å². The Labute approximate surface area is 335 Å². The van der Waals surface area contributed by atoms with Gasteiger partial charge in [0, 0.05) is 19.3 Å². The molecule has 0 aliphatic carbocycles. The SMILES string of the molecule is CC/C=C/C=C/C=C/CCCCCCCCCC(=O)OC(COCCC(C(=O)[O-])[N+](C)(C)C)COC(=O)CCCCC/C=C/C/C=C/C/C=C/C/C=C/CC. The Balaban J connectivity index is 4.46. The summed E-state index contributed by atoms with van der Waals surface area (Å²) >= 11 is 0. The van der Waals surface area contributed by atoms with Crippen LogP contribution in [0.2, 0.25) is 0 Å². The number of quaternary nitrogens is 1. The summed E-state index contributed by atoms with van der Waals surface area (Å²) in [7, 11) is 5.38. The van der Waals surface area contributed by atoms with Gasteiger partial charge >= 0.3 is 11.9 Å². The van der Waals surface area contributed by atoms with Crippen molar-refractivity contribution >= 4 is 17.9 Å². The van der Waals surface area contributed by atoms with Gasteiger partial charge in [-0.2, -0.15) is 0 Å². The zero-order valence-electron chi connectivity index (χ0n) is 35.3. The van der Waals surface area contributed by atoms with Crippen LogP contribution in [-0.2, 0) is 28.6 Å². The molecule has 2 unspecified atom stereocenters. The molecule has 0 N–H and O–H groups in total. The maximum Gasteiger partial charge on any atom is 0.306 e. The Morgan fingerprint density at radius 1 is 0.564 bits per heavy atom. The van der Waals surface area contributed by atoms with Crippen molar-refractivity contribution in [2.45, 2.75) is 154 Å². The predicted octanol–water partition coefficient (Wildman–Crippen LogP) is 10.0. The third-order valence-electron chi connectivity index (χ3n) is 8.84. The lowest BCUT2D eigenvalue weighted by Gasteiger charge is -2.34. The third-order valence-corrected chi connectivity index (χ3v) is 8.84. The maximum absolute atomic E-state index is 12.7. The van der Waals surface area contributed by atoms with E-state index in [1.165, 1.54) is 19.3 Å². The summed E-state index contributed by atoms with van der Waals surface area (Å²) in [5.41, 5.74) is 0. The summed E-state index contributed by atoms with van der Waals surface area (Å²) in [6.07, 6.45) is 47.5. The monoisotopic (exact) mass is 768 g/mol. The highest BCUT2D eigenvalue weighted by molar-refractivity contribution is 5.70. The molecule has 0 fully saturated rings. The summed E-state index contributed by atoms with van der Waals surface area (Å²) in [5.74, 6) is -1.81. The summed E-state index contributed by atoms with van der Waals surface area (Å²) in [6, 6.07) is -0.737. The van der Waals surface area contributed by atoms with Crippen LogP contribution in [0.3, 0.4) is 0 Å². The van der Waals surface area contributed by atoms with Crippen LogP contribution in [0.4, 0.5) is 0 Å². The van der Waals surface area contributed by atoms with Gasteiger partial charge in [-0.15, -0.1) is 0 Å². The minimum Gasteiger partial charge on any atom is -0.544 e. The average molecular weight is 768 g/mol. The first-order chi connectivity index (χ1) is 26.6. The van der Waals surface area contributed by atoms with Crippen LogP contribution in [0, 0.1) is 0 Å². The first-order valence-corrected chi connectivity index (χ1v) is 21.1. The molecule has 0 aliphatic heterocycles. The first-order valence-electron chi connectivity index (χ1n) is 21.1. The second-order valence-electron chi connectivity index (χ2n) is 14.9. The largest absolute Gasteiger partial charge is 0.544 e. The predicted molar refractivity (Wildman–Crippen MR) is 226 cm³/mol. The molecule has 0 heterocycles. The van der Waals surface area contributed by atoms with Crippen LogP contribution in [-0.4, -0.2) is 75.5 Å². The Morgan fingerprint density at radius 2 is 1.05 bits per heavy atom. The second kappa shape index (κ2) is 37.4. The molecule has 0 saturated carbocycles. The zero-order valence-corrected chi connectivity index (χ0v) is 35.3. The van der Waals surface area contributed by atoms with E-state index in [-0.39, 0.29) is 42.7 Å². The standard InChI is InChI=1S/C47H77NO7/c1-6-8-10-12-14-16-18-20-22-24-25-27-29-31-33-35-37-45(49)54-42-43(41-53-40-39-44(47(51)52)48(3,4)5)55-46(50)38-36-34-32-30-28-26-23-21-19-17-15-13-11-9-7-2/h8-11,13-17,19-20,22,25,27,43-44H,6-7,12,18,21,23-24,26,28-42H2,1-5H3/b10-8+,11-9+,15-13+,16-14+,19-17+,22-20+,27-25+. The van der Waals surface area contributed by atoms with Crippen molar-refractivity contribution in [2.75, 3.05) is 41.0 Å². The van der Waals surface area contributed by atoms with Crippen LogP contribution in [0.1, 0.15) is 142 Å². The van der Waals surface area contributed by atoms with Gasteiger partial charge in [0.25, 0.3) is 0 Å². The molecule has 312 valence electrons. The Kier molecular flexibility index (Phi) is 35.1. The molecule has 2 atom stereocenters. The number of carboxylic acids is 1. The molecule has 0 rings (SSSR count). The highest BCUT2D eigenvalue weighted by atomic mass is 16.6. The lowest BCUT2D eigenvalue weighted by Crippen LogP contribution is -2.55. The topological polar surface area (TPSA) is 102 Å². The fraction of sp³-hybridized carbons (Fsp3) is 0.638. The number of carboxylic acid groups (broad SMARTS) is 1. The van der Waals surface area contributed by atoms with Gasteiger partial charge in [-0.25, -0.2) is 0 Å². The number of ether oxygens (including phenoxy) is 3. The highest BCUT2D eigenvalue weighted by Crippen LogP contribution is 2.13. The Bertz CT molecular complexity index is 1170. The van der Waals surface area contributed by atoms with Crippen LogP contribution >= 0.6 is 0 Å². The van der Waals surface area contributed by atoms with Crippen LogP contribution in [0.15, 0.2) is 85.1 Å². The molecule has 0 radical (unpaired) electrons. The van der Waals surface area contributed by atoms with Crippen molar-refractivity contribution in [2.24, 2.45) is 0 Å². The second-order valence-corrected chi connectivity index (χ2v) is 14.9. The fourth-order valence-electron chi connectivity index (χ4n) is 5.59. The van der Waals surface area contributed by atoms with Gasteiger partial charge in [-0.1, -0.05) is 137 Å². The van der Waals surface area contributed by atoms with Crippen molar-refractivity contribution in [1.82, 2.24) is 0 Å². The number of carbonyl (C=O) groups is 3. The molecule has 0 aromatic heterocycles. The van der Waals surface area contributed by atoms with Crippen molar-refractivity contribution in [3.05, 3.63) is 85.1 Å². The van der Waals surface area contributed by atoms with E-state index in [4.69, 9.17) is 14.2 Å². The lowest BCUT2D eigenvalue weighted by atomic mass is 10.1. The average Bonchev–Trinajstić information content (AvgIpc) is 3.14. The number of likely N-dealkylation sites (N-methyl/N-ethyl adjacent to an activating group) is 1. The van der Waals surface area contributed by atoms with E-state index in [1.807, 2.05) is 0 Å². The number of esters is 2. The molecule has 0 aliphatic rings. The summed E-state index contributed by atoms with van der Waals surface area (Å²) in [5, 5.41) is 11.6. The van der Waals surface area contributed by atoms with Gasteiger partial charge in [0.2, 0.25) is 0 Å². The van der Waals surface area contributed by atoms with Crippen molar-refractivity contribution in [1.29, 1.82) is 0 Å². The molecule has 0 amide bonds. The van der Waals surface area contributed by atoms with Gasteiger partial charge in [-0.3, -0.25) is 9.59 Å². The molecule has 0 saturated heterocycles. The molecule has 0 aromatic rings. The van der Waals surface area contributed by atoms with Crippen molar-refractivity contribution in [3.8, 4) is 0 Å².